The van der Waals surface area contributed by atoms with Crippen molar-refractivity contribution in [3.8, 4) is 0 Å². The lowest BCUT2D eigenvalue weighted by molar-refractivity contribution is 0.135. The molecule has 1 atom stereocenters. The Morgan fingerprint density at radius 3 is 2.55 bits per heavy atom. The van der Waals surface area contributed by atoms with Crippen molar-refractivity contribution in [2.45, 2.75) is 38.3 Å². The third-order valence-corrected chi connectivity index (χ3v) is 4.00. The zero-order valence-corrected chi connectivity index (χ0v) is 12.6. The summed E-state index contributed by atoms with van der Waals surface area (Å²) in [6.07, 6.45) is 2.26. The predicted molar refractivity (Wildman–Crippen MR) is 80.5 cm³/mol. The lowest BCUT2D eigenvalue weighted by Crippen LogP contribution is -2.59. The molecule has 2 rings (SSSR count). The van der Waals surface area contributed by atoms with E-state index < -0.39 is 0 Å². The Morgan fingerprint density at radius 2 is 2.05 bits per heavy atom. The second-order valence-corrected chi connectivity index (χ2v) is 6.20. The third-order valence-electron chi connectivity index (χ3n) is 4.00. The van der Waals surface area contributed by atoms with E-state index >= 15 is 0 Å². The van der Waals surface area contributed by atoms with E-state index in [0.29, 0.717) is 18.2 Å². The molecule has 0 amide bonds. The second-order valence-electron chi connectivity index (χ2n) is 6.20. The van der Waals surface area contributed by atoms with Crippen molar-refractivity contribution >= 4 is 5.69 Å². The monoisotopic (exact) mass is 280 g/mol. The maximum absolute atomic E-state index is 13.9. The van der Waals surface area contributed by atoms with E-state index in [9.17, 15) is 9.50 Å². The molecule has 0 aromatic heterocycles. The van der Waals surface area contributed by atoms with Gasteiger partial charge in [0.15, 0.2) is 0 Å². The fourth-order valence-electron chi connectivity index (χ4n) is 3.00. The van der Waals surface area contributed by atoms with Crippen LogP contribution in [0.1, 0.15) is 26.7 Å². The van der Waals surface area contributed by atoms with E-state index in [1.54, 1.807) is 12.1 Å². The molecule has 1 aromatic rings. The molecule has 4 heteroatoms. The molecule has 112 valence electrons. The Kier molecular flexibility index (Phi) is 4.66. The van der Waals surface area contributed by atoms with Gasteiger partial charge < -0.3 is 15.3 Å². The fourth-order valence-corrected chi connectivity index (χ4v) is 3.00. The number of aliphatic hydroxyl groups is 1. The van der Waals surface area contributed by atoms with Crippen LogP contribution in [0, 0.1) is 11.7 Å². The molecule has 0 saturated heterocycles. The Morgan fingerprint density at radius 1 is 1.40 bits per heavy atom. The molecule has 0 spiro atoms. The minimum absolute atomic E-state index is 0.0780. The quantitative estimate of drug-likeness (QED) is 0.805. The van der Waals surface area contributed by atoms with Crippen LogP contribution in [0.3, 0.4) is 0 Å². The van der Waals surface area contributed by atoms with Gasteiger partial charge in [0, 0.05) is 19.6 Å². The van der Waals surface area contributed by atoms with Crippen molar-refractivity contribution in [1.82, 2.24) is 5.32 Å². The topological polar surface area (TPSA) is 35.5 Å². The lowest BCUT2D eigenvalue weighted by Gasteiger charge is -2.39. The van der Waals surface area contributed by atoms with Gasteiger partial charge in [0.25, 0.3) is 0 Å². The molecular formula is C16H25FN2O. The summed E-state index contributed by atoms with van der Waals surface area (Å²) >= 11 is 0. The number of benzene rings is 1. The molecule has 1 aliphatic rings. The summed E-state index contributed by atoms with van der Waals surface area (Å²) in [4.78, 5) is 1.90. The number of hydrogen-bond acceptors (Lipinski definition) is 3. The zero-order valence-electron chi connectivity index (χ0n) is 12.6. The molecule has 0 heterocycles. The molecule has 3 nitrogen and oxygen atoms in total. The predicted octanol–water partition coefficient (Wildman–Crippen LogP) is 2.40. The molecular weight excluding hydrogens is 255 g/mol. The minimum atomic E-state index is -0.342. The molecule has 1 unspecified atom stereocenters. The van der Waals surface area contributed by atoms with Gasteiger partial charge in [-0.1, -0.05) is 26.0 Å². The maximum atomic E-state index is 13.9. The lowest BCUT2D eigenvalue weighted by atomic mass is 9.92. The number of nitrogens with one attached hydrogen (secondary N) is 1. The largest absolute Gasteiger partial charge is 0.394 e. The van der Waals surface area contributed by atoms with Crippen LogP contribution < -0.4 is 10.2 Å². The van der Waals surface area contributed by atoms with Crippen LogP contribution in [0.4, 0.5) is 10.1 Å². The molecule has 0 radical (unpaired) electrons. The molecule has 1 fully saturated rings. The summed E-state index contributed by atoms with van der Waals surface area (Å²) in [6.45, 7) is 4.84. The van der Waals surface area contributed by atoms with Gasteiger partial charge in [-0.2, -0.15) is 0 Å². The van der Waals surface area contributed by atoms with Crippen LogP contribution in [-0.4, -0.2) is 36.9 Å². The van der Waals surface area contributed by atoms with Crippen LogP contribution in [-0.2, 0) is 0 Å². The Labute approximate surface area is 120 Å². The first-order chi connectivity index (χ1) is 9.48. The molecule has 20 heavy (non-hydrogen) atoms. The van der Waals surface area contributed by atoms with E-state index in [1.807, 2.05) is 18.0 Å². The van der Waals surface area contributed by atoms with E-state index in [4.69, 9.17) is 0 Å². The van der Waals surface area contributed by atoms with Crippen molar-refractivity contribution in [3.63, 3.8) is 0 Å². The molecule has 1 saturated carbocycles. The third kappa shape index (κ3) is 3.30. The first-order valence-electron chi connectivity index (χ1n) is 7.33. The first kappa shape index (κ1) is 15.3. The van der Waals surface area contributed by atoms with Crippen molar-refractivity contribution in [3.05, 3.63) is 30.1 Å². The Balaban J connectivity index is 2.17. The molecule has 0 aliphatic heterocycles. The van der Waals surface area contributed by atoms with Gasteiger partial charge in [-0.25, -0.2) is 4.39 Å². The number of para-hydroxylation sites is 1. The van der Waals surface area contributed by atoms with Crippen molar-refractivity contribution in [2.75, 3.05) is 25.1 Å². The number of aliphatic hydroxyl groups excluding tert-OH is 1. The number of rotatable bonds is 7. The van der Waals surface area contributed by atoms with Gasteiger partial charge in [-0.15, -0.1) is 0 Å². The van der Waals surface area contributed by atoms with E-state index in [0.717, 1.165) is 12.8 Å². The number of likely N-dealkylation sites (N-methyl/N-ethyl adjacent to an activating group) is 1. The summed E-state index contributed by atoms with van der Waals surface area (Å²) in [5, 5.41) is 13.4. The SMILES string of the molecule is CC(C)NC(CO)(CN(C)c1ccccc1F)C1CC1. The van der Waals surface area contributed by atoms with Crippen molar-refractivity contribution in [2.24, 2.45) is 5.92 Å². The average molecular weight is 280 g/mol. The van der Waals surface area contributed by atoms with E-state index in [1.165, 1.54) is 6.07 Å². The van der Waals surface area contributed by atoms with Crippen LogP contribution in [0.2, 0.25) is 0 Å². The summed E-state index contributed by atoms with van der Waals surface area (Å²) in [5.74, 6) is 0.256. The van der Waals surface area contributed by atoms with Crippen LogP contribution >= 0.6 is 0 Å². The molecule has 1 aromatic carbocycles. The standard InChI is InChI=1S/C16H25FN2O/c1-12(2)18-16(11-20,13-8-9-13)10-19(3)15-7-5-4-6-14(15)17/h4-7,12-13,18,20H,8-11H2,1-3H3. The highest BCUT2D eigenvalue weighted by atomic mass is 19.1. The summed E-state index contributed by atoms with van der Waals surface area (Å²) in [6, 6.07) is 7.07. The van der Waals surface area contributed by atoms with Crippen LogP contribution in [0.5, 0.6) is 0 Å². The maximum Gasteiger partial charge on any atom is 0.146 e. The highest BCUT2D eigenvalue weighted by molar-refractivity contribution is 5.47. The van der Waals surface area contributed by atoms with Gasteiger partial charge in [0.2, 0.25) is 0 Å². The van der Waals surface area contributed by atoms with Gasteiger partial charge in [0.1, 0.15) is 5.82 Å². The highest BCUT2D eigenvalue weighted by Crippen LogP contribution is 2.40. The molecule has 0 bridgehead atoms. The molecule has 1 aliphatic carbocycles. The Hall–Kier alpha value is -1.13. The zero-order chi connectivity index (χ0) is 14.8. The van der Waals surface area contributed by atoms with Gasteiger partial charge in [-0.05, 0) is 30.9 Å². The highest BCUT2D eigenvalue weighted by Gasteiger charge is 2.45. The summed E-state index contributed by atoms with van der Waals surface area (Å²) in [5.41, 5.74) is 0.238. The van der Waals surface area contributed by atoms with Crippen molar-refractivity contribution < 1.29 is 9.50 Å². The normalized spacial score (nSPS) is 18.1. The molecule has 2 N–H and O–H groups in total. The van der Waals surface area contributed by atoms with E-state index in [-0.39, 0.29) is 24.0 Å². The first-order valence-corrected chi connectivity index (χ1v) is 7.33. The van der Waals surface area contributed by atoms with Gasteiger partial charge in [-0.3, -0.25) is 0 Å². The van der Waals surface area contributed by atoms with Gasteiger partial charge in [0.05, 0.1) is 17.8 Å². The smallest absolute Gasteiger partial charge is 0.146 e. The number of halogens is 1. The summed E-state index contributed by atoms with van der Waals surface area (Å²) in [7, 11) is 1.88. The summed E-state index contributed by atoms with van der Waals surface area (Å²) < 4.78 is 13.9. The average Bonchev–Trinajstić information content (AvgIpc) is 3.22. The number of anilines is 1. The minimum Gasteiger partial charge on any atom is -0.394 e. The number of hydrogen-bond donors (Lipinski definition) is 2. The fraction of sp³-hybridized carbons (Fsp3) is 0.625. The van der Waals surface area contributed by atoms with Crippen LogP contribution in [0.25, 0.3) is 0 Å². The number of nitrogens with zero attached hydrogens (tertiary/aromatic N) is 1. The second kappa shape index (κ2) is 6.10. The van der Waals surface area contributed by atoms with Crippen molar-refractivity contribution in [1.29, 1.82) is 0 Å². The Bertz CT molecular complexity index is 448. The van der Waals surface area contributed by atoms with Gasteiger partial charge >= 0.3 is 0 Å². The van der Waals surface area contributed by atoms with Crippen LogP contribution in [0.15, 0.2) is 24.3 Å². The van der Waals surface area contributed by atoms with E-state index in [2.05, 4.69) is 19.2 Å².